The zero-order valence-corrected chi connectivity index (χ0v) is 36.6. The highest BCUT2D eigenvalue weighted by molar-refractivity contribution is 6.44. The number of piperazine rings is 1. The van der Waals surface area contributed by atoms with Gasteiger partial charge in [0.1, 0.15) is 18.0 Å². The molecule has 1 fully saturated rings. The summed E-state index contributed by atoms with van der Waals surface area (Å²) in [5, 5.41) is 15.2. The Balaban J connectivity index is 0.000000664. The van der Waals surface area contributed by atoms with Crippen LogP contribution in [0.1, 0.15) is 77.1 Å². The van der Waals surface area contributed by atoms with Gasteiger partial charge in [-0.1, -0.05) is 57.2 Å². The van der Waals surface area contributed by atoms with Crippen LogP contribution >= 0.6 is 11.6 Å². The SMILES string of the molecule is C=CN=C(C(=O)N1CCN(/C(C(=O)NC)=C(\CC)N(C=NC)CC(=O)Nc2ccc(C(F)(F)F)cc2Cl)CC1)C(O)=C(C)C.CC.Cc1cccc2c1COC(C)(C)C2. The van der Waals surface area contributed by atoms with Crippen LogP contribution in [0.4, 0.5) is 18.9 Å². The van der Waals surface area contributed by atoms with E-state index in [1.165, 1.54) is 53.1 Å². The number of carbonyl (C=O) groups is 3. The van der Waals surface area contributed by atoms with E-state index in [1.54, 1.807) is 25.7 Å². The molecule has 0 radical (unpaired) electrons. The number of aliphatic imine (C=N–C) groups is 2. The maximum Gasteiger partial charge on any atom is 0.416 e. The van der Waals surface area contributed by atoms with Gasteiger partial charge in [0.2, 0.25) is 5.91 Å². The first-order valence-corrected chi connectivity index (χ1v) is 19.8. The summed E-state index contributed by atoms with van der Waals surface area (Å²) in [5.41, 5.74) is 4.34. The Morgan fingerprint density at radius 1 is 1.08 bits per heavy atom. The van der Waals surface area contributed by atoms with Crippen molar-refractivity contribution >= 4 is 47.1 Å². The largest absolute Gasteiger partial charge is 0.506 e. The van der Waals surface area contributed by atoms with Crippen LogP contribution in [-0.2, 0) is 38.3 Å². The van der Waals surface area contributed by atoms with E-state index in [-0.39, 0.29) is 66.2 Å². The minimum Gasteiger partial charge on any atom is -0.506 e. The number of nitrogens with zero attached hydrogens (tertiary/aromatic N) is 5. The number of halogens is 4. The number of likely N-dealkylation sites (N-methyl/N-ethyl adjacent to an activating group) is 1. The van der Waals surface area contributed by atoms with Crippen molar-refractivity contribution in [3.05, 3.63) is 99.2 Å². The highest BCUT2D eigenvalue weighted by Crippen LogP contribution is 2.34. The number of hydrogen-bond acceptors (Lipinski definition) is 8. The summed E-state index contributed by atoms with van der Waals surface area (Å²) in [6.07, 6.45) is -0.716. The fourth-order valence-corrected chi connectivity index (χ4v) is 6.53. The number of rotatable bonds is 11. The number of allylic oxidation sites excluding steroid dienone is 2. The monoisotopic (exact) mass is 845 g/mol. The highest BCUT2D eigenvalue weighted by atomic mass is 35.5. The number of alkyl halides is 3. The number of aliphatic hydroxyl groups excluding tert-OH is 1. The first kappa shape index (κ1) is 50.0. The molecule has 324 valence electrons. The smallest absolute Gasteiger partial charge is 0.416 e. The van der Waals surface area contributed by atoms with Crippen molar-refractivity contribution < 1.29 is 37.4 Å². The second-order valence-corrected chi connectivity index (χ2v) is 14.6. The van der Waals surface area contributed by atoms with Crippen LogP contribution in [0.25, 0.3) is 0 Å². The maximum atomic E-state index is 13.2. The first-order chi connectivity index (χ1) is 27.8. The maximum absolute atomic E-state index is 13.2. The van der Waals surface area contributed by atoms with Crippen molar-refractivity contribution in [3.63, 3.8) is 0 Å². The van der Waals surface area contributed by atoms with E-state index in [0.717, 1.165) is 31.2 Å². The number of carbonyl (C=O) groups excluding carboxylic acids is 3. The Bertz CT molecular complexity index is 1930. The molecule has 0 bridgehead atoms. The minimum atomic E-state index is -4.59. The van der Waals surface area contributed by atoms with Gasteiger partial charge in [0.05, 0.1) is 34.8 Å². The standard InChI is InChI=1S/C29H37ClF3N7O4.C12H16O.C2H6/c1-7-22(40(17-34-5)16-23(41)37-21-10-9-19(15-20(21)30)29(31,32)33)25(27(43)35-6)38-11-13-39(14-12-38)28(44)24(36-8-2)26(42)18(3)4;1-9-5-4-6-10-7-12(2,3)13-8-11(9)10;1-2/h8-10,15,17,42H,2,7,11-14,16H2,1,3-6H3,(H,35,43)(H,37,41);4-6H,7-8H2,1-3H3;1-2H3/b25-22+,34-17?,36-24?;;. The van der Waals surface area contributed by atoms with Crippen LogP contribution in [0.3, 0.4) is 0 Å². The third-order valence-electron chi connectivity index (χ3n) is 9.27. The number of hydrogen-bond donors (Lipinski definition) is 3. The van der Waals surface area contributed by atoms with Crippen LogP contribution in [-0.4, -0.2) is 102 Å². The summed E-state index contributed by atoms with van der Waals surface area (Å²) < 4.78 is 44.8. The van der Waals surface area contributed by atoms with E-state index < -0.39 is 29.5 Å². The first-order valence-electron chi connectivity index (χ1n) is 19.4. The van der Waals surface area contributed by atoms with E-state index >= 15 is 0 Å². The summed E-state index contributed by atoms with van der Waals surface area (Å²) in [5.74, 6) is -1.76. The molecule has 2 aliphatic heterocycles. The van der Waals surface area contributed by atoms with Crippen LogP contribution in [0.15, 0.2) is 81.9 Å². The minimum absolute atomic E-state index is 0.00842. The van der Waals surface area contributed by atoms with Crippen molar-refractivity contribution in [2.45, 2.75) is 86.6 Å². The number of anilines is 1. The Labute approximate surface area is 351 Å². The number of benzene rings is 2. The molecular weight excluding hydrogens is 787 g/mol. The van der Waals surface area contributed by atoms with Gasteiger partial charge < -0.3 is 35.2 Å². The molecule has 0 spiro atoms. The molecule has 0 saturated carbocycles. The van der Waals surface area contributed by atoms with Crippen molar-refractivity contribution in [2.24, 2.45) is 9.98 Å². The summed E-state index contributed by atoms with van der Waals surface area (Å²) in [4.78, 5) is 52.1. The van der Waals surface area contributed by atoms with Crippen molar-refractivity contribution in [1.82, 2.24) is 20.0 Å². The van der Waals surface area contributed by atoms with Gasteiger partial charge in [-0.25, -0.2) is 4.99 Å². The zero-order chi connectivity index (χ0) is 44.7. The average molecular weight is 846 g/mol. The van der Waals surface area contributed by atoms with Gasteiger partial charge in [-0.2, -0.15) is 13.2 Å². The lowest BCUT2D eigenvalue weighted by molar-refractivity contribution is -0.137. The average Bonchev–Trinajstić information content (AvgIpc) is 3.19. The number of fused-ring (bicyclic) bond motifs is 1. The Morgan fingerprint density at radius 3 is 2.24 bits per heavy atom. The van der Waals surface area contributed by atoms with Crippen LogP contribution in [0.5, 0.6) is 0 Å². The number of aliphatic hydroxyl groups is 1. The molecule has 0 aliphatic carbocycles. The topological polar surface area (TPSA) is 139 Å². The molecule has 0 atom stereocenters. The second-order valence-electron chi connectivity index (χ2n) is 14.2. The molecule has 12 nitrogen and oxygen atoms in total. The highest BCUT2D eigenvalue weighted by Gasteiger charge is 2.33. The third-order valence-corrected chi connectivity index (χ3v) is 9.58. The van der Waals surface area contributed by atoms with Crippen LogP contribution in [0, 0.1) is 6.92 Å². The molecule has 2 heterocycles. The Morgan fingerprint density at radius 2 is 1.71 bits per heavy atom. The predicted octanol–water partition coefficient (Wildman–Crippen LogP) is 8.08. The van der Waals surface area contributed by atoms with Crippen molar-refractivity contribution in [1.29, 1.82) is 0 Å². The quantitative estimate of drug-likeness (QED) is 0.0900. The number of aryl methyl sites for hydroxylation is 1. The summed E-state index contributed by atoms with van der Waals surface area (Å²) >= 11 is 6.00. The fraction of sp³-hybridized carbons (Fsp3) is 0.465. The molecule has 2 aliphatic rings. The zero-order valence-electron chi connectivity index (χ0n) is 35.8. The normalized spacial score (nSPS) is 15.3. The van der Waals surface area contributed by atoms with Crippen molar-refractivity contribution in [3.8, 4) is 0 Å². The molecule has 3 N–H and O–H groups in total. The lowest BCUT2D eigenvalue weighted by atomic mass is 9.90. The fourth-order valence-electron chi connectivity index (χ4n) is 6.31. The number of amides is 3. The molecule has 2 aromatic carbocycles. The molecule has 2 aromatic rings. The van der Waals surface area contributed by atoms with Gasteiger partial charge >= 0.3 is 6.18 Å². The number of ether oxygens (including phenoxy) is 1. The lowest BCUT2D eigenvalue weighted by Crippen LogP contribution is -2.52. The van der Waals surface area contributed by atoms with Gasteiger partial charge in [0.25, 0.3) is 11.8 Å². The summed E-state index contributed by atoms with van der Waals surface area (Å²) in [7, 11) is 2.95. The lowest BCUT2D eigenvalue weighted by Gasteiger charge is -2.38. The molecule has 1 saturated heterocycles. The number of nitrogens with one attached hydrogen (secondary N) is 2. The van der Waals surface area contributed by atoms with E-state index in [2.05, 4.69) is 66.2 Å². The van der Waals surface area contributed by atoms with Gasteiger partial charge in [0.15, 0.2) is 5.71 Å². The molecule has 59 heavy (non-hydrogen) atoms. The molecule has 4 rings (SSSR count). The molecule has 0 unspecified atom stereocenters. The van der Waals surface area contributed by atoms with Crippen LogP contribution in [0.2, 0.25) is 5.02 Å². The van der Waals surface area contributed by atoms with Gasteiger partial charge in [-0.15, -0.1) is 0 Å². The summed E-state index contributed by atoms with van der Waals surface area (Å²) in [6.45, 7) is 20.4. The van der Waals surface area contributed by atoms with Gasteiger partial charge in [-0.05, 0) is 81.5 Å². The van der Waals surface area contributed by atoms with Crippen LogP contribution < -0.4 is 10.6 Å². The van der Waals surface area contributed by atoms with E-state index in [4.69, 9.17) is 16.3 Å². The Hall–Kier alpha value is -5.15. The van der Waals surface area contributed by atoms with E-state index in [0.29, 0.717) is 17.7 Å². The predicted molar refractivity (Wildman–Crippen MR) is 229 cm³/mol. The third kappa shape index (κ3) is 14.0. The van der Waals surface area contributed by atoms with E-state index in [9.17, 15) is 32.7 Å². The van der Waals surface area contributed by atoms with Gasteiger partial charge in [-0.3, -0.25) is 19.4 Å². The van der Waals surface area contributed by atoms with Gasteiger partial charge in [0, 0.05) is 58.6 Å². The summed E-state index contributed by atoms with van der Waals surface area (Å²) in [6, 6.07) is 9.10. The Kier molecular flexibility index (Phi) is 19.4. The van der Waals surface area contributed by atoms with E-state index in [1.807, 2.05) is 13.8 Å². The second kappa shape index (κ2) is 22.9. The molecular formula is C43H59ClF3N7O5. The molecule has 16 heteroatoms. The molecule has 0 aromatic heterocycles. The molecule has 3 amide bonds. The van der Waals surface area contributed by atoms with Crippen molar-refractivity contribution in [2.75, 3.05) is 52.1 Å².